The van der Waals surface area contributed by atoms with Gasteiger partial charge in [-0.1, -0.05) is 59.1 Å². The maximum absolute atomic E-state index is 14.4. The summed E-state index contributed by atoms with van der Waals surface area (Å²) >= 11 is 14.4. The second-order valence-corrected chi connectivity index (χ2v) is 19.0. The van der Waals surface area contributed by atoms with Crippen molar-refractivity contribution < 1.29 is 60.1 Å². The number of carbonyl (C=O) groups is 1. The molecule has 5 aromatic carbocycles. The number of aliphatic carboxylic acids is 1. The number of carboxylic acids is 1. The van der Waals surface area contributed by atoms with Crippen molar-refractivity contribution in [1.29, 1.82) is 0 Å². The SMILES string of the molecule is C=CCOC[C@H](COS(=O)(=O)c1ccc(C)cc1)Oc1c(Cl)c(C)c(-c2c(-c3ccc(F)cc3)oc3ncnc(O[C@H](Cc4cc(O)ccc4OCc4ccnc(-c5ccccc5OC)n4)C(=O)O)c23)c(C)c1Cl. The fourth-order valence-corrected chi connectivity index (χ4v) is 9.38. The van der Waals surface area contributed by atoms with E-state index in [4.69, 9.17) is 55.5 Å². The topological polar surface area (TPSA) is 212 Å². The van der Waals surface area contributed by atoms with Gasteiger partial charge in [-0.15, -0.1) is 6.58 Å². The first kappa shape index (κ1) is 52.7. The van der Waals surface area contributed by atoms with Crippen LogP contribution in [-0.2, 0) is 36.9 Å². The lowest BCUT2D eigenvalue weighted by atomic mass is 9.91. The number of hydrogen-bond acceptors (Lipinski definition) is 15. The van der Waals surface area contributed by atoms with Gasteiger partial charge in [-0.3, -0.25) is 4.18 Å². The first-order chi connectivity index (χ1) is 35.6. The van der Waals surface area contributed by atoms with E-state index in [1.54, 1.807) is 51.4 Å². The van der Waals surface area contributed by atoms with Gasteiger partial charge in [0.15, 0.2) is 11.6 Å². The lowest BCUT2D eigenvalue weighted by Gasteiger charge is -2.24. The van der Waals surface area contributed by atoms with Gasteiger partial charge in [0.2, 0.25) is 17.7 Å². The molecule has 0 bridgehead atoms. The number of rotatable bonds is 22. The van der Waals surface area contributed by atoms with E-state index < -0.39 is 40.7 Å². The van der Waals surface area contributed by atoms with Crippen LogP contribution in [0.3, 0.4) is 0 Å². The van der Waals surface area contributed by atoms with Crippen molar-refractivity contribution in [3.8, 4) is 62.7 Å². The molecule has 0 radical (unpaired) electrons. The van der Waals surface area contributed by atoms with E-state index in [0.717, 1.165) is 11.9 Å². The molecule has 0 saturated heterocycles. The molecule has 0 aliphatic carbocycles. The maximum atomic E-state index is 14.4. The van der Waals surface area contributed by atoms with Crippen LogP contribution in [0.4, 0.5) is 4.39 Å². The largest absolute Gasteiger partial charge is 0.508 e. The molecule has 382 valence electrons. The Balaban J connectivity index is 1.15. The molecule has 8 aromatic rings. The minimum Gasteiger partial charge on any atom is -0.508 e. The van der Waals surface area contributed by atoms with Crippen LogP contribution in [-0.4, -0.2) is 83.7 Å². The van der Waals surface area contributed by atoms with Crippen molar-refractivity contribution in [2.45, 2.75) is 50.9 Å². The van der Waals surface area contributed by atoms with Crippen LogP contribution in [0.15, 0.2) is 132 Å². The molecule has 8 rings (SSSR count). The zero-order valence-corrected chi connectivity index (χ0v) is 42.5. The Morgan fingerprint density at radius 1 is 0.878 bits per heavy atom. The number of hydrogen-bond donors (Lipinski definition) is 2. The van der Waals surface area contributed by atoms with Gasteiger partial charge in [-0.25, -0.2) is 29.1 Å². The number of carboxylic acid groups (broad SMARTS) is 1. The number of para-hydroxylation sites is 1. The Hall–Kier alpha value is -7.61. The van der Waals surface area contributed by atoms with E-state index >= 15 is 0 Å². The van der Waals surface area contributed by atoms with E-state index in [1.807, 2.05) is 25.1 Å². The predicted molar refractivity (Wildman–Crippen MR) is 274 cm³/mol. The molecule has 2 N–H and O–H groups in total. The molecule has 16 nitrogen and oxygen atoms in total. The van der Waals surface area contributed by atoms with E-state index in [0.29, 0.717) is 45.1 Å². The summed E-state index contributed by atoms with van der Waals surface area (Å²) in [7, 11) is -2.68. The van der Waals surface area contributed by atoms with Crippen molar-refractivity contribution in [2.24, 2.45) is 0 Å². The Bertz CT molecular complexity index is 3440. The van der Waals surface area contributed by atoms with Gasteiger partial charge in [0.1, 0.15) is 59.9 Å². The molecule has 3 heterocycles. The average Bonchev–Trinajstić information content (AvgIpc) is 3.78. The third kappa shape index (κ3) is 11.8. The van der Waals surface area contributed by atoms with Crippen molar-refractivity contribution in [3.63, 3.8) is 0 Å². The van der Waals surface area contributed by atoms with Gasteiger partial charge < -0.3 is 38.3 Å². The predicted octanol–water partition coefficient (Wildman–Crippen LogP) is 11.1. The monoisotopic (exact) mass is 1060 g/mol. The lowest BCUT2D eigenvalue weighted by Crippen LogP contribution is -2.30. The first-order valence-corrected chi connectivity index (χ1v) is 24.9. The van der Waals surface area contributed by atoms with E-state index in [9.17, 15) is 27.8 Å². The Morgan fingerprint density at radius 2 is 1.61 bits per heavy atom. The molecule has 0 aliphatic heterocycles. The molecule has 0 fully saturated rings. The molecule has 0 spiro atoms. The van der Waals surface area contributed by atoms with Gasteiger partial charge in [0, 0.05) is 29.3 Å². The highest BCUT2D eigenvalue weighted by Gasteiger charge is 2.32. The molecule has 0 saturated carbocycles. The van der Waals surface area contributed by atoms with Crippen LogP contribution in [0.1, 0.15) is 27.9 Å². The van der Waals surface area contributed by atoms with E-state index in [-0.39, 0.29) is 92.3 Å². The first-order valence-electron chi connectivity index (χ1n) is 22.7. The zero-order chi connectivity index (χ0) is 52.7. The average molecular weight is 1070 g/mol. The summed E-state index contributed by atoms with van der Waals surface area (Å²) in [6, 6.07) is 24.8. The Labute approximate surface area is 435 Å². The highest BCUT2D eigenvalue weighted by atomic mass is 35.5. The molecule has 20 heteroatoms. The molecular formula is C54H47Cl2FN4O12S. The number of ether oxygens (including phenoxy) is 5. The number of methoxy groups -OCH3 is 1. The van der Waals surface area contributed by atoms with Crippen LogP contribution in [0.5, 0.6) is 28.9 Å². The Kier molecular flexibility index (Phi) is 16.4. The standard InChI is InChI=1S/C54H47Cl2FN4O12S/c1-6-23-68-27-38(28-70-74(65,66)39-18-11-30(2)12-19-39)71-50-47(55)31(3)44(32(4)48(50)56)45-46-52(59-29-60-53(46)73-49(45)33-13-15-35(57)16-14-33)72-43(54(63)64)25-34-24-37(62)17-20-41(34)69-26-36-21-22-58-51(61-36)40-9-7-8-10-42(40)67-5/h6-22,24,29,38,43,62H,1,23,25-28H2,2-5H3,(H,63,64)/t38-,43-/m1/s1. The summed E-state index contributed by atoms with van der Waals surface area (Å²) in [6.07, 6.45) is 1.16. The number of phenolic OH excluding ortho intramolecular Hbond substituents is 1. The van der Waals surface area contributed by atoms with Crippen molar-refractivity contribution in [1.82, 2.24) is 19.9 Å². The molecule has 2 atom stereocenters. The highest BCUT2D eigenvalue weighted by Crippen LogP contribution is 2.51. The summed E-state index contributed by atoms with van der Waals surface area (Å²) in [5.74, 6) is -0.957. The number of phenols is 1. The lowest BCUT2D eigenvalue weighted by molar-refractivity contribution is -0.145. The number of aryl methyl sites for hydroxylation is 1. The van der Waals surface area contributed by atoms with Crippen molar-refractivity contribution >= 4 is 50.4 Å². The van der Waals surface area contributed by atoms with Gasteiger partial charge >= 0.3 is 5.97 Å². The normalized spacial score (nSPS) is 12.3. The molecular weight excluding hydrogens is 1020 g/mol. The summed E-state index contributed by atoms with van der Waals surface area (Å²) in [5.41, 5.74) is 4.03. The van der Waals surface area contributed by atoms with Gasteiger partial charge in [-0.2, -0.15) is 8.42 Å². The van der Waals surface area contributed by atoms with Crippen LogP contribution in [0.25, 0.3) is 44.9 Å². The summed E-state index contributed by atoms with van der Waals surface area (Å²) in [4.78, 5) is 31.0. The van der Waals surface area contributed by atoms with Gasteiger partial charge in [0.25, 0.3) is 10.1 Å². The molecule has 0 aliphatic rings. The minimum absolute atomic E-state index is 0.00208. The highest BCUT2D eigenvalue weighted by molar-refractivity contribution is 7.86. The van der Waals surface area contributed by atoms with E-state index in [2.05, 4.69) is 26.5 Å². The summed E-state index contributed by atoms with van der Waals surface area (Å²) in [5, 5.41) is 21.5. The second-order valence-electron chi connectivity index (χ2n) is 16.7. The number of nitrogens with zero attached hydrogens (tertiary/aromatic N) is 4. The maximum Gasteiger partial charge on any atom is 0.345 e. The zero-order valence-electron chi connectivity index (χ0n) is 40.2. The number of benzene rings is 5. The molecule has 0 amide bonds. The number of aromatic hydroxyl groups is 1. The van der Waals surface area contributed by atoms with Crippen molar-refractivity contribution in [2.75, 3.05) is 26.9 Å². The second kappa shape index (κ2) is 23.1. The van der Waals surface area contributed by atoms with Crippen LogP contribution < -0.4 is 18.9 Å². The molecule has 74 heavy (non-hydrogen) atoms. The van der Waals surface area contributed by atoms with Crippen LogP contribution >= 0.6 is 23.2 Å². The fourth-order valence-electron chi connectivity index (χ4n) is 7.93. The Morgan fingerprint density at radius 3 is 2.31 bits per heavy atom. The van der Waals surface area contributed by atoms with E-state index in [1.165, 1.54) is 60.7 Å². The fraction of sp³-hybridized carbons (Fsp3) is 0.204. The van der Waals surface area contributed by atoms with Crippen molar-refractivity contribution in [3.05, 3.63) is 166 Å². The quantitative estimate of drug-likeness (QED) is 0.0367. The van der Waals surface area contributed by atoms with Crippen LogP contribution in [0.2, 0.25) is 10.0 Å². The minimum atomic E-state index is -4.23. The molecule has 3 aromatic heterocycles. The summed E-state index contributed by atoms with van der Waals surface area (Å²) < 4.78 is 82.7. The molecule has 0 unspecified atom stereocenters. The van der Waals surface area contributed by atoms with Crippen LogP contribution in [0, 0.1) is 26.6 Å². The number of aromatic nitrogens is 4. The number of furan rings is 1. The smallest absolute Gasteiger partial charge is 0.345 e. The number of halogens is 3. The third-order valence-electron chi connectivity index (χ3n) is 11.6. The number of fused-ring (bicyclic) bond motifs is 1. The van der Waals surface area contributed by atoms with Gasteiger partial charge in [0.05, 0.1) is 46.5 Å². The van der Waals surface area contributed by atoms with Gasteiger partial charge in [-0.05, 0) is 110 Å². The third-order valence-corrected chi connectivity index (χ3v) is 13.8. The summed E-state index contributed by atoms with van der Waals surface area (Å²) in [6.45, 7) is 8.25.